The smallest absolute Gasteiger partial charge is 0.119 e. The van der Waals surface area contributed by atoms with Gasteiger partial charge in [-0.2, -0.15) is 0 Å². The number of anilines is 1. The maximum atomic E-state index is 10.5. The summed E-state index contributed by atoms with van der Waals surface area (Å²) in [5.41, 5.74) is 2.10. The molecule has 0 amide bonds. The molecule has 0 aliphatic carbocycles. The van der Waals surface area contributed by atoms with Gasteiger partial charge in [0.05, 0.1) is 13.2 Å². The fourth-order valence-corrected chi connectivity index (χ4v) is 3.17. The quantitative estimate of drug-likeness (QED) is 0.902. The van der Waals surface area contributed by atoms with Crippen molar-refractivity contribution in [2.75, 3.05) is 44.7 Å². The van der Waals surface area contributed by atoms with E-state index in [1.165, 1.54) is 5.69 Å². The molecule has 0 aromatic heterocycles. The number of nitrogens with zero attached hydrogens (tertiary/aromatic N) is 2. The minimum Gasteiger partial charge on any atom is -0.497 e. The third kappa shape index (κ3) is 4.20. The molecule has 1 fully saturated rings. The zero-order chi connectivity index (χ0) is 16.9. The number of methoxy groups -OCH3 is 1. The standard InChI is InChI=1S/C19H23ClN2O2/c1-24-18-4-2-3-15(13-18)19(23)14-21-9-11-22(12-10-21)17-7-5-16(20)6-8-17/h2-8,13,19,23H,9-12,14H2,1H3/t19-/m0/s1. The maximum absolute atomic E-state index is 10.5. The first-order valence-electron chi connectivity index (χ1n) is 8.20. The van der Waals surface area contributed by atoms with Gasteiger partial charge < -0.3 is 14.7 Å². The van der Waals surface area contributed by atoms with Crippen molar-refractivity contribution in [3.8, 4) is 5.75 Å². The Morgan fingerprint density at radius 3 is 2.46 bits per heavy atom. The van der Waals surface area contributed by atoms with E-state index in [4.69, 9.17) is 16.3 Å². The Hall–Kier alpha value is -1.75. The van der Waals surface area contributed by atoms with E-state index in [1.54, 1.807) is 7.11 Å². The molecule has 1 heterocycles. The number of aliphatic hydroxyl groups excluding tert-OH is 1. The van der Waals surface area contributed by atoms with Crippen LogP contribution in [0.5, 0.6) is 5.75 Å². The molecular weight excluding hydrogens is 324 g/mol. The molecule has 0 bridgehead atoms. The van der Waals surface area contributed by atoms with Crippen LogP contribution in [0.15, 0.2) is 48.5 Å². The highest BCUT2D eigenvalue weighted by molar-refractivity contribution is 6.30. The summed E-state index contributed by atoms with van der Waals surface area (Å²) in [5.74, 6) is 0.777. The lowest BCUT2D eigenvalue weighted by Gasteiger charge is -2.37. The van der Waals surface area contributed by atoms with Crippen molar-refractivity contribution >= 4 is 17.3 Å². The zero-order valence-electron chi connectivity index (χ0n) is 13.9. The Morgan fingerprint density at radius 1 is 1.08 bits per heavy atom. The van der Waals surface area contributed by atoms with Gasteiger partial charge in [0.25, 0.3) is 0 Å². The molecule has 1 saturated heterocycles. The molecule has 2 aromatic carbocycles. The molecule has 3 rings (SSSR count). The van der Waals surface area contributed by atoms with E-state index in [0.29, 0.717) is 6.54 Å². The Bertz CT molecular complexity index is 655. The van der Waals surface area contributed by atoms with Crippen LogP contribution in [0.1, 0.15) is 11.7 Å². The molecule has 1 aliphatic rings. The highest BCUT2D eigenvalue weighted by Crippen LogP contribution is 2.22. The SMILES string of the molecule is COc1cccc([C@@H](O)CN2CCN(c3ccc(Cl)cc3)CC2)c1. The van der Waals surface area contributed by atoms with Crippen molar-refractivity contribution in [3.05, 3.63) is 59.1 Å². The minimum absolute atomic E-state index is 0.498. The van der Waals surface area contributed by atoms with Crippen molar-refractivity contribution in [1.82, 2.24) is 4.90 Å². The van der Waals surface area contributed by atoms with E-state index in [2.05, 4.69) is 21.9 Å². The van der Waals surface area contributed by atoms with Crippen LogP contribution in [-0.4, -0.2) is 49.8 Å². The van der Waals surface area contributed by atoms with Crippen molar-refractivity contribution < 1.29 is 9.84 Å². The molecule has 128 valence electrons. The lowest BCUT2D eigenvalue weighted by atomic mass is 10.1. The topological polar surface area (TPSA) is 35.9 Å². The Balaban J connectivity index is 1.54. The molecule has 0 unspecified atom stereocenters. The van der Waals surface area contributed by atoms with E-state index in [0.717, 1.165) is 42.5 Å². The fourth-order valence-electron chi connectivity index (χ4n) is 3.04. The van der Waals surface area contributed by atoms with Crippen molar-refractivity contribution in [2.45, 2.75) is 6.10 Å². The van der Waals surface area contributed by atoms with Crippen LogP contribution in [0.3, 0.4) is 0 Å². The number of ether oxygens (including phenoxy) is 1. The van der Waals surface area contributed by atoms with Gasteiger partial charge in [-0.15, -0.1) is 0 Å². The van der Waals surface area contributed by atoms with Crippen molar-refractivity contribution in [1.29, 1.82) is 0 Å². The number of aliphatic hydroxyl groups is 1. The van der Waals surface area contributed by atoms with Crippen LogP contribution < -0.4 is 9.64 Å². The third-order valence-electron chi connectivity index (χ3n) is 4.47. The van der Waals surface area contributed by atoms with E-state index in [9.17, 15) is 5.11 Å². The lowest BCUT2D eigenvalue weighted by Crippen LogP contribution is -2.47. The highest BCUT2D eigenvalue weighted by Gasteiger charge is 2.20. The van der Waals surface area contributed by atoms with Gasteiger partial charge in [0.15, 0.2) is 0 Å². The number of rotatable bonds is 5. The van der Waals surface area contributed by atoms with Gasteiger partial charge in [-0.05, 0) is 42.0 Å². The monoisotopic (exact) mass is 346 g/mol. The second-order valence-corrected chi connectivity index (χ2v) is 6.49. The summed E-state index contributed by atoms with van der Waals surface area (Å²) >= 11 is 5.95. The first-order chi connectivity index (χ1) is 11.7. The molecule has 1 aliphatic heterocycles. The van der Waals surface area contributed by atoms with E-state index >= 15 is 0 Å². The molecule has 4 nitrogen and oxygen atoms in total. The lowest BCUT2D eigenvalue weighted by molar-refractivity contribution is 0.109. The van der Waals surface area contributed by atoms with Crippen LogP contribution in [-0.2, 0) is 0 Å². The number of β-amino-alcohol motifs (C(OH)–C–C–N with tert-alkyl or cyclic N) is 1. The normalized spacial score (nSPS) is 16.9. The maximum Gasteiger partial charge on any atom is 0.119 e. The summed E-state index contributed by atoms with van der Waals surface area (Å²) < 4.78 is 5.23. The molecule has 0 radical (unpaired) electrons. The minimum atomic E-state index is -0.498. The molecule has 1 atom stereocenters. The van der Waals surface area contributed by atoms with Crippen LogP contribution >= 0.6 is 11.6 Å². The van der Waals surface area contributed by atoms with Crippen LogP contribution in [0.2, 0.25) is 5.02 Å². The average molecular weight is 347 g/mol. The molecule has 5 heteroatoms. The fraction of sp³-hybridized carbons (Fsp3) is 0.368. The first-order valence-corrected chi connectivity index (χ1v) is 8.58. The Kier molecular flexibility index (Phi) is 5.61. The van der Waals surface area contributed by atoms with E-state index in [1.807, 2.05) is 36.4 Å². The second-order valence-electron chi connectivity index (χ2n) is 6.06. The molecular formula is C19H23ClN2O2. The average Bonchev–Trinajstić information content (AvgIpc) is 2.63. The summed E-state index contributed by atoms with van der Waals surface area (Å²) in [6.07, 6.45) is -0.498. The van der Waals surface area contributed by atoms with Gasteiger partial charge >= 0.3 is 0 Å². The van der Waals surface area contributed by atoms with Gasteiger partial charge in [-0.3, -0.25) is 4.90 Å². The molecule has 0 spiro atoms. The van der Waals surface area contributed by atoms with Crippen molar-refractivity contribution in [3.63, 3.8) is 0 Å². The van der Waals surface area contributed by atoms with Crippen LogP contribution in [0.4, 0.5) is 5.69 Å². The Morgan fingerprint density at radius 2 is 1.79 bits per heavy atom. The largest absolute Gasteiger partial charge is 0.497 e. The predicted molar refractivity (Wildman–Crippen MR) is 98.1 cm³/mol. The van der Waals surface area contributed by atoms with Gasteiger partial charge in [0, 0.05) is 43.4 Å². The number of benzene rings is 2. The summed E-state index contributed by atoms with van der Waals surface area (Å²) in [6.45, 7) is 4.41. The molecule has 2 aromatic rings. The van der Waals surface area contributed by atoms with Crippen LogP contribution in [0, 0.1) is 0 Å². The highest BCUT2D eigenvalue weighted by atomic mass is 35.5. The summed E-state index contributed by atoms with van der Waals surface area (Å²) in [5, 5.41) is 11.2. The summed E-state index contributed by atoms with van der Waals surface area (Å²) in [7, 11) is 1.64. The summed E-state index contributed by atoms with van der Waals surface area (Å²) in [6, 6.07) is 15.6. The number of piperazine rings is 1. The van der Waals surface area contributed by atoms with E-state index < -0.39 is 6.10 Å². The van der Waals surface area contributed by atoms with E-state index in [-0.39, 0.29) is 0 Å². The molecule has 0 saturated carbocycles. The predicted octanol–water partition coefficient (Wildman–Crippen LogP) is 3.20. The zero-order valence-corrected chi connectivity index (χ0v) is 14.6. The second kappa shape index (κ2) is 7.88. The Labute approximate surface area is 148 Å². The molecule has 1 N–H and O–H groups in total. The van der Waals surface area contributed by atoms with Crippen molar-refractivity contribution in [2.24, 2.45) is 0 Å². The molecule has 24 heavy (non-hydrogen) atoms. The van der Waals surface area contributed by atoms with Gasteiger partial charge in [-0.1, -0.05) is 23.7 Å². The van der Waals surface area contributed by atoms with Gasteiger partial charge in [-0.25, -0.2) is 0 Å². The number of hydrogen-bond acceptors (Lipinski definition) is 4. The van der Waals surface area contributed by atoms with Gasteiger partial charge in [0.1, 0.15) is 5.75 Å². The van der Waals surface area contributed by atoms with Crippen LogP contribution in [0.25, 0.3) is 0 Å². The third-order valence-corrected chi connectivity index (χ3v) is 4.73. The summed E-state index contributed by atoms with van der Waals surface area (Å²) in [4.78, 5) is 4.65. The van der Waals surface area contributed by atoms with Gasteiger partial charge in [0.2, 0.25) is 0 Å². The number of halogens is 1. The first kappa shape index (κ1) is 17.1. The number of hydrogen-bond donors (Lipinski definition) is 1.